The van der Waals surface area contributed by atoms with Gasteiger partial charge in [0, 0.05) is 18.0 Å². The van der Waals surface area contributed by atoms with Crippen LogP contribution < -0.4 is 5.32 Å². The summed E-state index contributed by atoms with van der Waals surface area (Å²) in [5, 5.41) is 3.27. The molecule has 1 unspecified atom stereocenters. The summed E-state index contributed by atoms with van der Waals surface area (Å²) in [6, 6.07) is 7.17. The second-order valence-electron chi connectivity index (χ2n) is 4.57. The molecule has 0 saturated heterocycles. The highest BCUT2D eigenvalue weighted by molar-refractivity contribution is 5.27. The fourth-order valence-corrected chi connectivity index (χ4v) is 2.15. The molecular formula is C13H17F2N. The Balaban J connectivity index is 2.32. The first-order valence-electron chi connectivity index (χ1n) is 5.78. The van der Waals surface area contributed by atoms with Crippen molar-refractivity contribution >= 4 is 0 Å². The van der Waals surface area contributed by atoms with Crippen LogP contribution in [-0.4, -0.2) is 12.6 Å². The Morgan fingerprint density at radius 2 is 2.19 bits per heavy atom. The van der Waals surface area contributed by atoms with Crippen molar-refractivity contribution in [1.29, 1.82) is 0 Å². The Hall–Kier alpha value is -0.960. The molecule has 0 aliphatic carbocycles. The van der Waals surface area contributed by atoms with E-state index in [0.29, 0.717) is 19.0 Å². The molecule has 1 nitrogen and oxygen atoms in total. The zero-order chi connectivity index (χ0) is 11.6. The number of hydrogen-bond acceptors (Lipinski definition) is 1. The highest BCUT2D eigenvalue weighted by Gasteiger charge is 2.31. The minimum Gasteiger partial charge on any atom is -0.314 e. The molecule has 16 heavy (non-hydrogen) atoms. The zero-order valence-electron chi connectivity index (χ0n) is 9.47. The number of halogens is 2. The molecular weight excluding hydrogens is 208 g/mol. The lowest BCUT2D eigenvalue weighted by atomic mass is 9.97. The van der Waals surface area contributed by atoms with E-state index in [4.69, 9.17) is 0 Å². The average molecular weight is 225 g/mol. The van der Waals surface area contributed by atoms with Crippen LogP contribution in [0, 0.1) is 0 Å². The third-order valence-corrected chi connectivity index (χ3v) is 3.05. The van der Waals surface area contributed by atoms with E-state index in [-0.39, 0.29) is 12.0 Å². The molecule has 0 saturated carbocycles. The van der Waals surface area contributed by atoms with Crippen molar-refractivity contribution < 1.29 is 8.78 Å². The Morgan fingerprint density at radius 3 is 3.00 bits per heavy atom. The molecule has 1 aromatic rings. The summed E-state index contributed by atoms with van der Waals surface area (Å²) in [6.45, 7) is 2.76. The number of benzene rings is 1. The van der Waals surface area contributed by atoms with Gasteiger partial charge in [-0.15, -0.1) is 0 Å². The largest absolute Gasteiger partial charge is 0.314 e. The van der Waals surface area contributed by atoms with E-state index in [9.17, 15) is 8.78 Å². The van der Waals surface area contributed by atoms with Crippen molar-refractivity contribution in [3.8, 4) is 0 Å². The van der Waals surface area contributed by atoms with Crippen LogP contribution >= 0.6 is 0 Å². The van der Waals surface area contributed by atoms with Gasteiger partial charge in [-0.3, -0.25) is 0 Å². The van der Waals surface area contributed by atoms with Gasteiger partial charge in [0.15, 0.2) is 0 Å². The van der Waals surface area contributed by atoms with E-state index < -0.39 is 5.92 Å². The van der Waals surface area contributed by atoms with E-state index in [1.165, 1.54) is 6.07 Å². The lowest BCUT2D eigenvalue weighted by molar-refractivity contribution is -0.0155. The molecule has 0 spiro atoms. The van der Waals surface area contributed by atoms with Crippen LogP contribution in [-0.2, 0) is 12.3 Å². The fourth-order valence-electron chi connectivity index (χ4n) is 2.15. The number of fused-ring (bicyclic) bond motifs is 2. The summed E-state index contributed by atoms with van der Waals surface area (Å²) in [5.41, 5.74) is 1.15. The molecule has 0 fully saturated rings. The molecule has 88 valence electrons. The number of rotatable bonds is 0. The van der Waals surface area contributed by atoms with E-state index in [0.717, 1.165) is 12.0 Å². The highest BCUT2D eigenvalue weighted by Crippen LogP contribution is 2.33. The Morgan fingerprint density at radius 1 is 1.38 bits per heavy atom. The summed E-state index contributed by atoms with van der Waals surface area (Å²) >= 11 is 0. The summed E-state index contributed by atoms with van der Waals surface area (Å²) in [5.74, 6) is -2.68. The summed E-state index contributed by atoms with van der Waals surface area (Å²) in [4.78, 5) is 0. The van der Waals surface area contributed by atoms with Crippen molar-refractivity contribution in [2.24, 2.45) is 0 Å². The molecule has 1 heterocycles. The molecule has 2 bridgehead atoms. The topological polar surface area (TPSA) is 12.0 Å². The smallest absolute Gasteiger partial charge is 0.273 e. The normalized spacial score (nSPS) is 25.1. The van der Waals surface area contributed by atoms with Gasteiger partial charge in [-0.1, -0.05) is 18.2 Å². The van der Waals surface area contributed by atoms with Gasteiger partial charge in [-0.25, -0.2) is 8.78 Å². The summed E-state index contributed by atoms with van der Waals surface area (Å²) in [7, 11) is 0. The highest BCUT2D eigenvalue weighted by atomic mass is 19.3. The summed E-state index contributed by atoms with van der Waals surface area (Å²) < 4.78 is 27.5. The standard InChI is InChI=1S/C13H17F2N/c1-10-8-11-4-2-5-12(9-11)13(14,15)6-3-7-16-10/h2,4-5,9-10,16H,3,6-8H2,1H3. The Bertz CT molecular complexity index is 363. The maximum Gasteiger partial charge on any atom is 0.273 e. The Labute approximate surface area is 94.9 Å². The van der Waals surface area contributed by atoms with Gasteiger partial charge >= 0.3 is 0 Å². The first-order chi connectivity index (χ1) is 7.58. The first kappa shape index (κ1) is 11.5. The fraction of sp³-hybridized carbons (Fsp3) is 0.538. The second kappa shape index (κ2) is 4.50. The minimum absolute atomic E-state index is 0.0732. The van der Waals surface area contributed by atoms with Gasteiger partial charge in [-0.05, 0) is 37.9 Å². The first-order valence-corrected chi connectivity index (χ1v) is 5.78. The average Bonchev–Trinajstić information content (AvgIpc) is 2.24. The van der Waals surface area contributed by atoms with E-state index in [1.54, 1.807) is 12.1 Å². The van der Waals surface area contributed by atoms with E-state index in [2.05, 4.69) is 12.2 Å². The van der Waals surface area contributed by atoms with Gasteiger partial charge in [0.05, 0.1) is 0 Å². The quantitative estimate of drug-likeness (QED) is 0.715. The molecule has 2 rings (SSSR count). The van der Waals surface area contributed by atoms with Crippen LogP contribution in [0.2, 0.25) is 0 Å². The molecule has 1 aromatic carbocycles. The van der Waals surface area contributed by atoms with Crippen molar-refractivity contribution in [2.75, 3.05) is 6.54 Å². The lowest BCUT2D eigenvalue weighted by Crippen LogP contribution is -2.31. The molecule has 1 aliphatic heterocycles. The molecule has 0 radical (unpaired) electrons. The van der Waals surface area contributed by atoms with E-state index in [1.807, 2.05) is 6.07 Å². The number of alkyl halides is 2. The second-order valence-corrected chi connectivity index (χ2v) is 4.57. The maximum atomic E-state index is 13.8. The van der Waals surface area contributed by atoms with Gasteiger partial charge in [0.2, 0.25) is 0 Å². The number of nitrogens with one attached hydrogen (secondary N) is 1. The van der Waals surface area contributed by atoms with Crippen LogP contribution in [0.5, 0.6) is 0 Å². The molecule has 0 aromatic heterocycles. The third-order valence-electron chi connectivity index (χ3n) is 3.05. The zero-order valence-corrected chi connectivity index (χ0v) is 9.47. The van der Waals surface area contributed by atoms with Gasteiger partial charge in [0.25, 0.3) is 5.92 Å². The monoisotopic (exact) mass is 225 g/mol. The predicted octanol–water partition coefficient (Wildman–Crippen LogP) is 3.09. The van der Waals surface area contributed by atoms with Crippen molar-refractivity contribution in [2.45, 2.75) is 38.2 Å². The molecule has 3 heteroatoms. The van der Waals surface area contributed by atoms with Crippen LogP contribution in [0.15, 0.2) is 24.3 Å². The summed E-state index contributed by atoms with van der Waals surface area (Å²) in [6.07, 6.45) is 1.25. The molecule has 1 atom stereocenters. The van der Waals surface area contributed by atoms with Crippen LogP contribution in [0.3, 0.4) is 0 Å². The maximum absolute atomic E-state index is 13.8. The third kappa shape index (κ3) is 2.59. The predicted molar refractivity (Wildman–Crippen MR) is 60.7 cm³/mol. The van der Waals surface area contributed by atoms with Crippen LogP contribution in [0.4, 0.5) is 8.78 Å². The lowest BCUT2D eigenvalue weighted by Gasteiger charge is -2.22. The van der Waals surface area contributed by atoms with Crippen molar-refractivity contribution in [1.82, 2.24) is 5.32 Å². The van der Waals surface area contributed by atoms with Gasteiger partial charge < -0.3 is 5.32 Å². The number of hydrogen-bond donors (Lipinski definition) is 1. The SMILES string of the molecule is CC1Cc2cccc(c2)C(F)(F)CCCN1. The van der Waals surface area contributed by atoms with Gasteiger partial charge in [0.1, 0.15) is 0 Å². The van der Waals surface area contributed by atoms with Crippen molar-refractivity contribution in [3.63, 3.8) is 0 Å². The van der Waals surface area contributed by atoms with Crippen LogP contribution in [0.1, 0.15) is 30.9 Å². The van der Waals surface area contributed by atoms with Crippen LogP contribution in [0.25, 0.3) is 0 Å². The molecule has 0 amide bonds. The molecule has 1 N–H and O–H groups in total. The minimum atomic E-state index is -2.68. The van der Waals surface area contributed by atoms with Crippen molar-refractivity contribution in [3.05, 3.63) is 35.4 Å². The Kier molecular flexibility index (Phi) is 3.24. The molecule has 1 aliphatic rings. The van der Waals surface area contributed by atoms with E-state index >= 15 is 0 Å². The van der Waals surface area contributed by atoms with Gasteiger partial charge in [-0.2, -0.15) is 0 Å².